The molecule has 0 saturated heterocycles. The lowest BCUT2D eigenvalue weighted by atomic mass is 10.3. The lowest BCUT2D eigenvalue weighted by molar-refractivity contribution is 1.29. The summed E-state index contributed by atoms with van der Waals surface area (Å²) in [6.07, 6.45) is 3.58. The molecule has 0 aliphatic rings. The van der Waals surface area contributed by atoms with Gasteiger partial charge in [-0.05, 0) is 30.3 Å². The van der Waals surface area contributed by atoms with Crippen molar-refractivity contribution in [2.45, 2.75) is 0 Å². The molecule has 3 aromatic rings. The van der Waals surface area contributed by atoms with Gasteiger partial charge in [-0.2, -0.15) is 0 Å². The molecule has 0 fully saturated rings. The predicted molar refractivity (Wildman–Crippen MR) is 59.3 cm³/mol. The normalized spacial score (nSPS) is 10.7. The lowest BCUT2D eigenvalue weighted by Gasteiger charge is -1.93. The number of H-pyrrole nitrogens is 1. The average Bonchev–Trinajstić information content (AvgIpc) is 2.74. The van der Waals surface area contributed by atoms with Gasteiger partial charge in [0.1, 0.15) is 0 Å². The third-order valence-electron chi connectivity index (χ3n) is 2.33. The van der Waals surface area contributed by atoms with Crippen molar-refractivity contribution < 1.29 is 0 Å². The summed E-state index contributed by atoms with van der Waals surface area (Å²) in [6, 6.07) is 11.8. The Hall–Kier alpha value is -2.16. The highest BCUT2D eigenvalue weighted by molar-refractivity contribution is 5.81. The Bertz CT molecular complexity index is 551. The third-order valence-corrected chi connectivity index (χ3v) is 2.33. The molecule has 0 radical (unpaired) electrons. The molecule has 0 aromatic carbocycles. The molecule has 0 bridgehead atoms. The summed E-state index contributed by atoms with van der Waals surface area (Å²) in [7, 11) is 0. The Labute approximate surface area is 86.8 Å². The molecule has 0 aliphatic heterocycles. The monoisotopic (exact) mass is 195 g/mol. The molecule has 3 heterocycles. The fourth-order valence-electron chi connectivity index (χ4n) is 1.62. The Balaban J connectivity index is 2.21. The van der Waals surface area contributed by atoms with Gasteiger partial charge in [0, 0.05) is 12.4 Å². The zero-order valence-electron chi connectivity index (χ0n) is 8.01. The maximum absolute atomic E-state index is 4.29. The number of nitrogens with zero attached hydrogens (tertiary/aromatic N) is 2. The van der Waals surface area contributed by atoms with Gasteiger partial charge in [0.15, 0.2) is 0 Å². The molecule has 1 N–H and O–H groups in total. The summed E-state index contributed by atoms with van der Waals surface area (Å²) in [5.41, 5.74) is 3.95. The van der Waals surface area contributed by atoms with Gasteiger partial charge in [-0.3, -0.25) is 9.97 Å². The van der Waals surface area contributed by atoms with E-state index in [4.69, 9.17) is 0 Å². The summed E-state index contributed by atoms with van der Waals surface area (Å²) >= 11 is 0. The molecule has 3 nitrogen and oxygen atoms in total. The summed E-state index contributed by atoms with van der Waals surface area (Å²) in [6.45, 7) is 0. The van der Waals surface area contributed by atoms with Crippen molar-refractivity contribution >= 4 is 11.0 Å². The van der Waals surface area contributed by atoms with Gasteiger partial charge in [0.2, 0.25) is 0 Å². The molecule has 15 heavy (non-hydrogen) atoms. The largest absolute Gasteiger partial charge is 0.352 e. The molecule has 0 saturated carbocycles. The number of nitrogens with one attached hydrogen (secondary N) is 1. The number of fused-ring (bicyclic) bond motifs is 1. The molecule has 0 spiro atoms. The first-order chi connectivity index (χ1) is 7.43. The smallest absolute Gasteiger partial charge is 0.0885 e. The summed E-state index contributed by atoms with van der Waals surface area (Å²) in [5, 5.41) is 0. The van der Waals surface area contributed by atoms with Crippen LogP contribution in [0.1, 0.15) is 0 Å². The van der Waals surface area contributed by atoms with Crippen LogP contribution in [0.5, 0.6) is 0 Å². The first-order valence-electron chi connectivity index (χ1n) is 4.78. The Morgan fingerprint density at radius 1 is 0.933 bits per heavy atom. The first kappa shape index (κ1) is 8.17. The van der Waals surface area contributed by atoms with Crippen LogP contribution in [0.3, 0.4) is 0 Å². The molecule has 3 rings (SSSR count). The van der Waals surface area contributed by atoms with Crippen LogP contribution in [-0.2, 0) is 0 Å². The Morgan fingerprint density at radius 3 is 2.67 bits per heavy atom. The summed E-state index contributed by atoms with van der Waals surface area (Å²) in [5.74, 6) is 0. The van der Waals surface area contributed by atoms with Crippen LogP contribution < -0.4 is 0 Å². The van der Waals surface area contributed by atoms with E-state index in [1.165, 1.54) is 0 Å². The molecule has 3 aromatic heterocycles. The molecule has 0 unspecified atom stereocenters. The highest BCUT2D eigenvalue weighted by atomic mass is 14.8. The van der Waals surface area contributed by atoms with Crippen LogP contribution in [0, 0.1) is 0 Å². The van der Waals surface area contributed by atoms with Gasteiger partial charge >= 0.3 is 0 Å². The van der Waals surface area contributed by atoms with E-state index >= 15 is 0 Å². The van der Waals surface area contributed by atoms with Crippen LogP contribution in [-0.4, -0.2) is 15.0 Å². The van der Waals surface area contributed by atoms with Crippen LogP contribution in [0.2, 0.25) is 0 Å². The number of aromatic nitrogens is 3. The fourth-order valence-corrected chi connectivity index (χ4v) is 1.62. The Kier molecular flexibility index (Phi) is 1.75. The predicted octanol–water partition coefficient (Wildman–Crippen LogP) is 2.62. The van der Waals surface area contributed by atoms with Crippen molar-refractivity contribution in [2.24, 2.45) is 0 Å². The van der Waals surface area contributed by atoms with E-state index in [9.17, 15) is 0 Å². The van der Waals surface area contributed by atoms with Gasteiger partial charge in [-0.15, -0.1) is 0 Å². The van der Waals surface area contributed by atoms with E-state index in [1.807, 2.05) is 36.4 Å². The van der Waals surface area contributed by atoms with Crippen LogP contribution >= 0.6 is 0 Å². The molecular weight excluding hydrogens is 186 g/mol. The molecule has 0 atom stereocenters. The molecule has 72 valence electrons. The Morgan fingerprint density at radius 2 is 1.87 bits per heavy atom. The quantitative estimate of drug-likeness (QED) is 0.648. The van der Waals surface area contributed by atoms with Gasteiger partial charge in [0.25, 0.3) is 0 Å². The highest BCUT2D eigenvalue weighted by Crippen LogP contribution is 2.20. The molecule has 0 aliphatic carbocycles. The van der Waals surface area contributed by atoms with Gasteiger partial charge < -0.3 is 4.98 Å². The van der Waals surface area contributed by atoms with Gasteiger partial charge in [-0.25, -0.2) is 0 Å². The summed E-state index contributed by atoms with van der Waals surface area (Å²) in [4.78, 5) is 11.8. The van der Waals surface area contributed by atoms with E-state index in [2.05, 4.69) is 15.0 Å². The topological polar surface area (TPSA) is 41.6 Å². The summed E-state index contributed by atoms with van der Waals surface area (Å²) < 4.78 is 0. The second kappa shape index (κ2) is 3.20. The minimum atomic E-state index is 0.940. The van der Waals surface area contributed by atoms with E-state index in [1.54, 1.807) is 12.4 Å². The van der Waals surface area contributed by atoms with Gasteiger partial charge in [0.05, 0.1) is 22.4 Å². The average molecular weight is 195 g/mol. The van der Waals surface area contributed by atoms with Crippen LogP contribution in [0.25, 0.3) is 22.4 Å². The minimum absolute atomic E-state index is 0.940. The second-order valence-electron chi connectivity index (χ2n) is 3.33. The van der Waals surface area contributed by atoms with Crippen LogP contribution in [0.4, 0.5) is 0 Å². The maximum Gasteiger partial charge on any atom is 0.0885 e. The van der Waals surface area contributed by atoms with Crippen LogP contribution in [0.15, 0.2) is 48.8 Å². The van der Waals surface area contributed by atoms with E-state index in [0.29, 0.717) is 0 Å². The van der Waals surface area contributed by atoms with Crippen molar-refractivity contribution in [3.05, 3.63) is 48.8 Å². The number of pyridine rings is 2. The maximum atomic E-state index is 4.29. The SMILES string of the molecule is c1ccc(-c2cc3ncccc3[nH]2)nc1. The second-order valence-corrected chi connectivity index (χ2v) is 3.33. The third kappa shape index (κ3) is 1.38. The zero-order valence-corrected chi connectivity index (χ0v) is 8.01. The number of aromatic amines is 1. The van der Waals surface area contributed by atoms with E-state index in [-0.39, 0.29) is 0 Å². The molecule has 0 amide bonds. The van der Waals surface area contributed by atoms with Crippen molar-refractivity contribution in [1.29, 1.82) is 0 Å². The lowest BCUT2D eigenvalue weighted by Crippen LogP contribution is -1.80. The van der Waals surface area contributed by atoms with Crippen molar-refractivity contribution in [3.8, 4) is 11.4 Å². The first-order valence-corrected chi connectivity index (χ1v) is 4.78. The van der Waals surface area contributed by atoms with E-state index in [0.717, 1.165) is 22.4 Å². The number of hydrogen-bond acceptors (Lipinski definition) is 2. The highest BCUT2D eigenvalue weighted by Gasteiger charge is 2.03. The number of hydrogen-bond donors (Lipinski definition) is 1. The minimum Gasteiger partial charge on any atom is -0.352 e. The van der Waals surface area contributed by atoms with Gasteiger partial charge in [-0.1, -0.05) is 6.07 Å². The zero-order chi connectivity index (χ0) is 10.1. The molecule has 3 heteroatoms. The fraction of sp³-hybridized carbons (Fsp3) is 0. The van der Waals surface area contributed by atoms with Crippen molar-refractivity contribution in [2.75, 3.05) is 0 Å². The van der Waals surface area contributed by atoms with Crippen molar-refractivity contribution in [1.82, 2.24) is 15.0 Å². The van der Waals surface area contributed by atoms with E-state index < -0.39 is 0 Å². The molecular formula is C12H9N3. The number of rotatable bonds is 1. The standard InChI is InChI=1S/C12H9N3/c1-2-6-13-9(4-1)12-8-11-10(15-12)5-3-7-14-11/h1-8,15H. The van der Waals surface area contributed by atoms with Crippen molar-refractivity contribution in [3.63, 3.8) is 0 Å².